The lowest BCUT2D eigenvalue weighted by molar-refractivity contribution is 0.0696. The van der Waals surface area contributed by atoms with Crippen molar-refractivity contribution in [1.82, 2.24) is 0 Å². The predicted octanol–water partition coefficient (Wildman–Crippen LogP) is 1.97. The van der Waals surface area contributed by atoms with E-state index < -0.39 is 15.8 Å². The van der Waals surface area contributed by atoms with Gasteiger partial charge in [-0.25, -0.2) is 13.2 Å². The van der Waals surface area contributed by atoms with Crippen molar-refractivity contribution < 1.29 is 27.5 Å². The van der Waals surface area contributed by atoms with E-state index in [1.54, 1.807) is 12.1 Å². The summed E-state index contributed by atoms with van der Waals surface area (Å²) in [5.74, 6) is -0.780. The van der Waals surface area contributed by atoms with Crippen LogP contribution < -0.4 is 0 Å². The first-order valence-electron chi connectivity index (χ1n) is 6.15. The number of hydrogen-bond acceptors (Lipinski definition) is 5. The Morgan fingerprint density at radius 1 is 1.24 bits per heavy atom. The van der Waals surface area contributed by atoms with Crippen molar-refractivity contribution in [1.29, 1.82) is 0 Å². The Morgan fingerprint density at radius 2 is 2.05 bits per heavy atom. The Labute approximate surface area is 121 Å². The Balaban J connectivity index is 1.95. The van der Waals surface area contributed by atoms with Crippen LogP contribution >= 0.6 is 0 Å². The first-order valence-corrected chi connectivity index (χ1v) is 7.80. The lowest BCUT2D eigenvalue weighted by atomic mass is 10.2. The summed E-state index contributed by atoms with van der Waals surface area (Å²) < 4.78 is 34.4. The SMILES string of the molecule is O=C(O)c1cccc(S(=O)(=O)CCOCc2ccco2)c1. The van der Waals surface area contributed by atoms with Crippen molar-refractivity contribution in [3.8, 4) is 0 Å². The fourth-order valence-electron chi connectivity index (χ4n) is 1.68. The van der Waals surface area contributed by atoms with E-state index >= 15 is 0 Å². The van der Waals surface area contributed by atoms with Crippen LogP contribution in [-0.2, 0) is 21.2 Å². The van der Waals surface area contributed by atoms with Crippen molar-refractivity contribution in [2.45, 2.75) is 11.5 Å². The molecule has 21 heavy (non-hydrogen) atoms. The molecule has 1 N–H and O–H groups in total. The molecule has 0 aliphatic heterocycles. The lowest BCUT2D eigenvalue weighted by Crippen LogP contribution is -2.13. The number of sulfone groups is 1. The van der Waals surface area contributed by atoms with E-state index in [0.717, 1.165) is 6.07 Å². The quantitative estimate of drug-likeness (QED) is 0.786. The van der Waals surface area contributed by atoms with Gasteiger partial charge in [-0.1, -0.05) is 6.07 Å². The normalized spacial score (nSPS) is 11.4. The number of carbonyl (C=O) groups is 1. The van der Waals surface area contributed by atoms with Gasteiger partial charge in [-0.2, -0.15) is 0 Å². The summed E-state index contributed by atoms with van der Waals surface area (Å²) in [5, 5.41) is 8.86. The first kappa shape index (κ1) is 15.3. The standard InChI is InChI=1S/C14H14O6S/c15-14(16)11-3-1-5-13(9-11)21(17,18)8-7-19-10-12-4-2-6-20-12/h1-6,9H,7-8,10H2,(H,15,16). The second-order valence-electron chi connectivity index (χ2n) is 4.28. The van der Waals surface area contributed by atoms with E-state index in [2.05, 4.69) is 0 Å². The first-order chi connectivity index (χ1) is 9.99. The third-order valence-electron chi connectivity index (χ3n) is 2.76. The van der Waals surface area contributed by atoms with Crippen LogP contribution in [0.15, 0.2) is 52.0 Å². The third-order valence-corrected chi connectivity index (χ3v) is 4.44. The van der Waals surface area contributed by atoms with Crippen LogP contribution in [-0.4, -0.2) is 31.9 Å². The van der Waals surface area contributed by atoms with Gasteiger partial charge in [0.25, 0.3) is 0 Å². The highest BCUT2D eigenvalue weighted by molar-refractivity contribution is 7.91. The van der Waals surface area contributed by atoms with Crippen molar-refractivity contribution in [2.24, 2.45) is 0 Å². The smallest absolute Gasteiger partial charge is 0.335 e. The highest BCUT2D eigenvalue weighted by atomic mass is 32.2. The van der Waals surface area contributed by atoms with Gasteiger partial charge in [0.15, 0.2) is 9.84 Å². The van der Waals surface area contributed by atoms with E-state index in [-0.39, 0.29) is 29.4 Å². The monoisotopic (exact) mass is 310 g/mol. The maximum Gasteiger partial charge on any atom is 0.335 e. The van der Waals surface area contributed by atoms with Crippen LogP contribution in [0.25, 0.3) is 0 Å². The third kappa shape index (κ3) is 4.17. The summed E-state index contributed by atoms with van der Waals surface area (Å²) in [7, 11) is -3.58. The fourth-order valence-corrected chi connectivity index (χ4v) is 2.84. The minimum Gasteiger partial charge on any atom is -0.478 e. The summed E-state index contributed by atoms with van der Waals surface area (Å²) in [6.45, 7) is 0.192. The minimum absolute atomic E-state index is 0.000330. The number of rotatable bonds is 7. The lowest BCUT2D eigenvalue weighted by Gasteiger charge is -2.06. The van der Waals surface area contributed by atoms with Crippen LogP contribution in [0.2, 0.25) is 0 Å². The van der Waals surface area contributed by atoms with Gasteiger partial charge >= 0.3 is 5.97 Å². The number of aromatic carboxylic acids is 1. The molecule has 0 radical (unpaired) electrons. The van der Waals surface area contributed by atoms with Gasteiger partial charge in [-0.3, -0.25) is 0 Å². The zero-order chi connectivity index (χ0) is 15.3. The second kappa shape index (κ2) is 6.55. The molecule has 0 amide bonds. The predicted molar refractivity (Wildman–Crippen MR) is 73.8 cm³/mol. The molecule has 0 aliphatic rings. The van der Waals surface area contributed by atoms with Crippen molar-refractivity contribution in [3.05, 3.63) is 54.0 Å². The van der Waals surface area contributed by atoms with E-state index in [1.165, 1.54) is 24.5 Å². The number of benzene rings is 1. The molecule has 6 nitrogen and oxygen atoms in total. The zero-order valence-electron chi connectivity index (χ0n) is 11.1. The molecule has 2 aromatic rings. The summed E-state index contributed by atoms with van der Waals surface area (Å²) in [6, 6.07) is 8.70. The maximum absolute atomic E-state index is 12.1. The molecule has 0 fully saturated rings. The van der Waals surface area contributed by atoms with E-state index in [1.807, 2.05) is 0 Å². The van der Waals surface area contributed by atoms with Gasteiger partial charge in [-0.05, 0) is 30.3 Å². The Hall–Kier alpha value is -2.12. The largest absolute Gasteiger partial charge is 0.478 e. The Bertz CT molecular complexity index is 703. The summed E-state index contributed by atoms with van der Waals surface area (Å²) >= 11 is 0. The highest BCUT2D eigenvalue weighted by Gasteiger charge is 2.16. The second-order valence-corrected chi connectivity index (χ2v) is 6.39. The molecule has 1 heterocycles. The molecular formula is C14H14O6S. The maximum atomic E-state index is 12.1. The van der Waals surface area contributed by atoms with Crippen molar-refractivity contribution in [3.63, 3.8) is 0 Å². The molecule has 1 aromatic carbocycles. The molecule has 0 atom stereocenters. The molecule has 0 spiro atoms. The van der Waals surface area contributed by atoms with Crippen LogP contribution in [0, 0.1) is 0 Å². The molecule has 0 unspecified atom stereocenters. The molecule has 1 aromatic heterocycles. The van der Waals surface area contributed by atoms with Gasteiger partial charge < -0.3 is 14.3 Å². The van der Waals surface area contributed by atoms with Gasteiger partial charge in [0.2, 0.25) is 0 Å². The summed E-state index contributed by atoms with van der Waals surface area (Å²) in [6.07, 6.45) is 1.51. The fraction of sp³-hybridized carbons (Fsp3) is 0.214. The van der Waals surface area contributed by atoms with E-state index in [9.17, 15) is 13.2 Å². The summed E-state index contributed by atoms with van der Waals surface area (Å²) in [5.41, 5.74) is -0.0624. The average molecular weight is 310 g/mol. The Morgan fingerprint density at radius 3 is 2.71 bits per heavy atom. The number of ether oxygens (including phenoxy) is 1. The van der Waals surface area contributed by atoms with Gasteiger partial charge in [0.05, 0.1) is 29.1 Å². The average Bonchev–Trinajstić information content (AvgIpc) is 2.97. The molecule has 2 rings (SSSR count). The number of carboxylic acid groups (broad SMARTS) is 1. The highest BCUT2D eigenvalue weighted by Crippen LogP contribution is 2.14. The van der Waals surface area contributed by atoms with E-state index in [0.29, 0.717) is 5.76 Å². The molecular weight excluding hydrogens is 296 g/mol. The number of hydrogen-bond donors (Lipinski definition) is 1. The van der Waals surface area contributed by atoms with E-state index in [4.69, 9.17) is 14.3 Å². The van der Waals surface area contributed by atoms with Crippen molar-refractivity contribution in [2.75, 3.05) is 12.4 Å². The zero-order valence-corrected chi connectivity index (χ0v) is 11.9. The van der Waals surface area contributed by atoms with Gasteiger partial charge in [0.1, 0.15) is 12.4 Å². The van der Waals surface area contributed by atoms with Crippen LogP contribution in [0.3, 0.4) is 0 Å². The number of furan rings is 1. The topological polar surface area (TPSA) is 93.8 Å². The molecule has 112 valence electrons. The molecule has 0 aliphatic carbocycles. The van der Waals surface area contributed by atoms with Crippen molar-refractivity contribution >= 4 is 15.8 Å². The number of carboxylic acids is 1. The molecule has 7 heteroatoms. The minimum atomic E-state index is -3.58. The molecule has 0 bridgehead atoms. The van der Waals surface area contributed by atoms with Gasteiger partial charge in [0, 0.05) is 0 Å². The van der Waals surface area contributed by atoms with Crippen LogP contribution in [0.1, 0.15) is 16.1 Å². The van der Waals surface area contributed by atoms with Gasteiger partial charge in [-0.15, -0.1) is 0 Å². The van der Waals surface area contributed by atoms with Crippen LogP contribution in [0.5, 0.6) is 0 Å². The van der Waals surface area contributed by atoms with Crippen LogP contribution in [0.4, 0.5) is 0 Å². The Kier molecular flexibility index (Phi) is 4.77. The summed E-state index contributed by atoms with van der Waals surface area (Å²) in [4.78, 5) is 10.8. The molecule has 0 saturated carbocycles. The molecule has 0 saturated heterocycles.